The Balaban J connectivity index is 1.49. The van der Waals surface area contributed by atoms with Gasteiger partial charge in [0.2, 0.25) is 0 Å². The molecule has 0 bridgehead atoms. The molecule has 1 saturated heterocycles. The molecule has 1 aliphatic heterocycles. The summed E-state index contributed by atoms with van der Waals surface area (Å²) in [5.41, 5.74) is 3.41. The molecular weight excluding hydrogens is 346 g/mol. The van der Waals surface area contributed by atoms with Gasteiger partial charge in [-0.25, -0.2) is 0 Å². The molecular formula is C25H39NO2. The zero-order valence-electron chi connectivity index (χ0n) is 18.0. The summed E-state index contributed by atoms with van der Waals surface area (Å²) in [6.45, 7) is 9.56. The van der Waals surface area contributed by atoms with E-state index in [0.29, 0.717) is 29.6 Å². The maximum atomic E-state index is 11.1. The lowest BCUT2D eigenvalue weighted by atomic mass is 9.45. The number of hydrogen-bond acceptors (Lipinski definition) is 3. The first-order valence-electron chi connectivity index (χ1n) is 11.9. The van der Waals surface area contributed by atoms with Crippen LogP contribution in [0.1, 0.15) is 72.1 Å². The van der Waals surface area contributed by atoms with Crippen molar-refractivity contribution in [3.8, 4) is 0 Å². The smallest absolute Gasteiger partial charge is 0.0926 e. The number of aliphatic hydroxyl groups is 2. The molecule has 0 spiro atoms. The van der Waals surface area contributed by atoms with Gasteiger partial charge in [0.05, 0.1) is 11.9 Å². The van der Waals surface area contributed by atoms with Crippen molar-refractivity contribution in [3.63, 3.8) is 0 Å². The predicted molar refractivity (Wildman–Crippen MR) is 113 cm³/mol. The Labute approximate surface area is 170 Å². The van der Waals surface area contributed by atoms with Gasteiger partial charge in [-0.3, -0.25) is 0 Å². The lowest BCUT2D eigenvalue weighted by Gasteiger charge is -2.59. The van der Waals surface area contributed by atoms with Crippen LogP contribution in [-0.4, -0.2) is 29.4 Å². The van der Waals surface area contributed by atoms with Gasteiger partial charge in [0.1, 0.15) is 0 Å². The zero-order chi connectivity index (χ0) is 19.7. The lowest BCUT2D eigenvalue weighted by Crippen LogP contribution is -2.53. The van der Waals surface area contributed by atoms with Gasteiger partial charge in [0, 0.05) is 13.0 Å². The summed E-state index contributed by atoms with van der Waals surface area (Å²) in [6.07, 6.45) is 11.2. The quantitative estimate of drug-likeness (QED) is 0.558. The van der Waals surface area contributed by atoms with E-state index in [2.05, 4.69) is 32.2 Å². The Morgan fingerprint density at radius 1 is 1.04 bits per heavy atom. The molecule has 0 aromatic heterocycles. The molecule has 5 rings (SSSR count). The summed E-state index contributed by atoms with van der Waals surface area (Å²) < 4.78 is 0. The normalized spacial score (nSPS) is 51.2. The van der Waals surface area contributed by atoms with Crippen LogP contribution in [-0.2, 0) is 0 Å². The van der Waals surface area contributed by atoms with Gasteiger partial charge in [0.25, 0.3) is 0 Å². The van der Waals surface area contributed by atoms with Crippen LogP contribution in [0.3, 0.4) is 0 Å². The van der Waals surface area contributed by atoms with Crippen LogP contribution < -0.4 is 5.32 Å². The maximum absolute atomic E-state index is 11.1. The first-order chi connectivity index (χ1) is 13.3. The number of fused-ring (bicyclic) bond motifs is 5. The van der Waals surface area contributed by atoms with Gasteiger partial charge in [-0.2, -0.15) is 0 Å². The fraction of sp³-hybridized carbons (Fsp3) is 0.840. The fourth-order valence-corrected chi connectivity index (χ4v) is 8.48. The SMILES string of the molecule is C[C@H]1C=C2C[C@@H](O)CC[C@]2(C)[C@H]2CC[C@]3(C)C(C4CCCNC4)=C(O)C[C@H]3[C@H]12. The Hall–Kier alpha value is -0.800. The molecule has 156 valence electrons. The number of nitrogens with one attached hydrogen (secondary N) is 1. The molecule has 0 aromatic carbocycles. The topological polar surface area (TPSA) is 52.5 Å². The molecule has 3 heteroatoms. The highest BCUT2D eigenvalue weighted by Crippen LogP contribution is 2.67. The third-order valence-corrected chi connectivity index (χ3v) is 9.84. The molecule has 8 atom stereocenters. The van der Waals surface area contributed by atoms with Crippen molar-refractivity contribution >= 4 is 0 Å². The molecule has 28 heavy (non-hydrogen) atoms. The number of rotatable bonds is 1. The van der Waals surface area contributed by atoms with E-state index in [4.69, 9.17) is 0 Å². The van der Waals surface area contributed by atoms with Gasteiger partial charge in [-0.1, -0.05) is 32.4 Å². The second-order valence-electron chi connectivity index (χ2n) is 11.2. The first kappa shape index (κ1) is 19.2. The van der Waals surface area contributed by atoms with Gasteiger partial charge >= 0.3 is 0 Å². The van der Waals surface area contributed by atoms with E-state index in [1.807, 2.05) is 0 Å². The molecule has 5 aliphatic rings. The van der Waals surface area contributed by atoms with Gasteiger partial charge in [-0.05, 0) is 97.5 Å². The minimum absolute atomic E-state index is 0.139. The van der Waals surface area contributed by atoms with Crippen LogP contribution >= 0.6 is 0 Å². The summed E-state index contributed by atoms with van der Waals surface area (Å²) in [6, 6.07) is 0. The van der Waals surface area contributed by atoms with Gasteiger partial charge in [-0.15, -0.1) is 0 Å². The number of hydrogen-bond donors (Lipinski definition) is 3. The van der Waals surface area contributed by atoms with Crippen LogP contribution in [0.2, 0.25) is 0 Å². The van der Waals surface area contributed by atoms with Crippen molar-refractivity contribution in [1.82, 2.24) is 5.32 Å². The summed E-state index contributed by atoms with van der Waals surface area (Å²) in [5, 5.41) is 25.0. The second-order valence-corrected chi connectivity index (χ2v) is 11.2. The van der Waals surface area contributed by atoms with Crippen molar-refractivity contribution < 1.29 is 10.2 Å². The third-order valence-electron chi connectivity index (χ3n) is 9.84. The Kier molecular flexibility index (Phi) is 4.52. The van der Waals surface area contributed by atoms with E-state index in [9.17, 15) is 10.2 Å². The van der Waals surface area contributed by atoms with Crippen molar-refractivity contribution in [2.24, 2.45) is 40.4 Å². The van der Waals surface area contributed by atoms with E-state index < -0.39 is 0 Å². The summed E-state index contributed by atoms with van der Waals surface area (Å²) in [7, 11) is 0. The Bertz CT molecular complexity index is 705. The Morgan fingerprint density at radius 2 is 1.82 bits per heavy atom. The minimum atomic E-state index is -0.139. The highest BCUT2D eigenvalue weighted by Gasteiger charge is 2.60. The fourth-order valence-electron chi connectivity index (χ4n) is 8.48. The van der Waals surface area contributed by atoms with E-state index in [-0.39, 0.29) is 16.9 Å². The standard InChI is InChI=1S/C25H39NO2/c1-15-11-17-12-18(27)6-8-24(17,2)19-7-9-25(3)20(22(15)19)13-21(28)23(25)16-5-4-10-26-14-16/h11,15-16,18-20,22,26-28H,4-10,12-14H2,1-3H3/t15-,16?,18-,19-,20-,22+,24-,25-/m0/s1. The van der Waals surface area contributed by atoms with Crippen LogP contribution in [0.4, 0.5) is 0 Å². The molecule has 1 unspecified atom stereocenters. The summed E-state index contributed by atoms with van der Waals surface area (Å²) >= 11 is 0. The first-order valence-corrected chi connectivity index (χ1v) is 11.9. The number of piperidine rings is 1. The second kappa shape index (κ2) is 6.60. The van der Waals surface area contributed by atoms with E-state index in [1.165, 1.54) is 36.8 Å². The molecule has 3 fully saturated rings. The third kappa shape index (κ3) is 2.61. The van der Waals surface area contributed by atoms with E-state index >= 15 is 0 Å². The largest absolute Gasteiger partial charge is 0.512 e. The number of allylic oxidation sites excluding steroid dienone is 2. The van der Waals surface area contributed by atoms with Crippen LogP contribution in [0, 0.1) is 40.4 Å². The zero-order valence-corrected chi connectivity index (χ0v) is 18.0. The molecule has 0 amide bonds. The molecule has 3 N–H and O–H groups in total. The summed E-state index contributed by atoms with van der Waals surface area (Å²) in [5.74, 6) is 3.79. The highest BCUT2D eigenvalue weighted by atomic mass is 16.3. The lowest BCUT2D eigenvalue weighted by molar-refractivity contribution is -0.0509. The summed E-state index contributed by atoms with van der Waals surface area (Å²) in [4.78, 5) is 0. The number of aliphatic hydroxyl groups excluding tert-OH is 2. The van der Waals surface area contributed by atoms with Gasteiger partial charge < -0.3 is 15.5 Å². The van der Waals surface area contributed by atoms with E-state index in [0.717, 1.165) is 44.5 Å². The average Bonchev–Trinajstić information content (AvgIpc) is 2.94. The molecule has 2 saturated carbocycles. The maximum Gasteiger partial charge on any atom is 0.0926 e. The molecule has 3 nitrogen and oxygen atoms in total. The van der Waals surface area contributed by atoms with Crippen molar-refractivity contribution in [2.75, 3.05) is 13.1 Å². The molecule has 0 radical (unpaired) electrons. The molecule has 0 aromatic rings. The molecule has 4 aliphatic carbocycles. The van der Waals surface area contributed by atoms with Crippen molar-refractivity contribution in [3.05, 3.63) is 23.0 Å². The average molecular weight is 386 g/mol. The minimum Gasteiger partial charge on any atom is -0.512 e. The van der Waals surface area contributed by atoms with E-state index in [1.54, 1.807) is 0 Å². The van der Waals surface area contributed by atoms with Crippen molar-refractivity contribution in [2.45, 2.75) is 78.2 Å². The highest BCUT2D eigenvalue weighted by molar-refractivity contribution is 5.34. The molecule has 1 heterocycles. The monoisotopic (exact) mass is 385 g/mol. The van der Waals surface area contributed by atoms with Gasteiger partial charge in [0.15, 0.2) is 0 Å². The van der Waals surface area contributed by atoms with Crippen LogP contribution in [0.15, 0.2) is 23.0 Å². The van der Waals surface area contributed by atoms with Crippen molar-refractivity contribution in [1.29, 1.82) is 0 Å². The van der Waals surface area contributed by atoms with Crippen LogP contribution in [0.25, 0.3) is 0 Å². The van der Waals surface area contributed by atoms with Crippen LogP contribution in [0.5, 0.6) is 0 Å². The Morgan fingerprint density at radius 3 is 2.57 bits per heavy atom. The predicted octanol–water partition coefficient (Wildman–Crippen LogP) is 4.98.